The first-order valence-corrected chi connectivity index (χ1v) is 7.17. The summed E-state index contributed by atoms with van der Waals surface area (Å²) in [5, 5.41) is 3.27. The van der Waals surface area contributed by atoms with Crippen molar-refractivity contribution in [2.45, 2.75) is 25.8 Å². The molecule has 1 atom stereocenters. The zero-order valence-electron chi connectivity index (χ0n) is 12.0. The zero-order valence-corrected chi connectivity index (χ0v) is 12.0. The first-order valence-electron chi connectivity index (χ1n) is 7.17. The summed E-state index contributed by atoms with van der Waals surface area (Å²) < 4.78 is 10.9. The molecule has 5 nitrogen and oxygen atoms in total. The number of aliphatic imine (C=N–C) groups is 1. The molecular weight excluding hydrogens is 254 g/mol. The molecule has 110 valence electrons. The molecule has 0 radical (unpaired) electrons. The molecule has 0 fully saturated rings. The molecule has 0 aromatic heterocycles. The Labute approximate surface area is 120 Å². The summed E-state index contributed by atoms with van der Waals surface area (Å²) >= 11 is 0. The van der Waals surface area contributed by atoms with Crippen LogP contribution in [0.3, 0.4) is 0 Å². The predicted octanol–water partition coefficient (Wildman–Crippen LogP) is 1.84. The van der Waals surface area contributed by atoms with Crippen LogP contribution < -0.4 is 15.8 Å². The van der Waals surface area contributed by atoms with Crippen molar-refractivity contribution in [1.29, 1.82) is 0 Å². The van der Waals surface area contributed by atoms with E-state index in [-0.39, 0.29) is 6.04 Å². The second-order valence-corrected chi connectivity index (χ2v) is 4.69. The molecule has 3 N–H and O–H groups in total. The molecule has 0 aliphatic carbocycles. The van der Waals surface area contributed by atoms with Gasteiger partial charge >= 0.3 is 0 Å². The van der Waals surface area contributed by atoms with Crippen molar-refractivity contribution in [2.75, 3.05) is 26.4 Å². The Morgan fingerprint density at radius 3 is 3.20 bits per heavy atom. The summed E-state index contributed by atoms with van der Waals surface area (Å²) in [7, 11) is 0. The van der Waals surface area contributed by atoms with Gasteiger partial charge in [0.15, 0.2) is 5.96 Å². The monoisotopic (exact) mass is 277 g/mol. The van der Waals surface area contributed by atoms with Crippen LogP contribution in [0.5, 0.6) is 5.75 Å². The normalized spacial score (nSPS) is 18.2. The van der Waals surface area contributed by atoms with Crippen LogP contribution >= 0.6 is 0 Å². The lowest BCUT2D eigenvalue weighted by Gasteiger charge is -2.26. The van der Waals surface area contributed by atoms with E-state index in [0.717, 1.165) is 37.4 Å². The molecule has 5 heteroatoms. The van der Waals surface area contributed by atoms with Crippen LogP contribution in [0.15, 0.2) is 29.3 Å². The van der Waals surface area contributed by atoms with Crippen molar-refractivity contribution in [3.05, 3.63) is 29.8 Å². The Morgan fingerprint density at radius 2 is 2.35 bits per heavy atom. The quantitative estimate of drug-likeness (QED) is 0.473. The molecule has 1 aromatic rings. The van der Waals surface area contributed by atoms with Gasteiger partial charge in [-0.15, -0.1) is 0 Å². The lowest BCUT2D eigenvalue weighted by Crippen LogP contribution is -2.37. The van der Waals surface area contributed by atoms with Gasteiger partial charge in [0.05, 0.1) is 12.6 Å². The molecule has 0 saturated heterocycles. The zero-order chi connectivity index (χ0) is 14.2. The average molecular weight is 277 g/mol. The van der Waals surface area contributed by atoms with Gasteiger partial charge in [0, 0.05) is 31.7 Å². The number of para-hydroxylation sites is 1. The van der Waals surface area contributed by atoms with Crippen LogP contribution in [0.2, 0.25) is 0 Å². The van der Waals surface area contributed by atoms with Crippen LogP contribution in [0, 0.1) is 0 Å². The molecule has 1 aliphatic rings. The summed E-state index contributed by atoms with van der Waals surface area (Å²) in [5.74, 6) is 1.42. The van der Waals surface area contributed by atoms with Crippen molar-refractivity contribution in [3.8, 4) is 5.75 Å². The van der Waals surface area contributed by atoms with E-state index in [4.69, 9.17) is 15.2 Å². The second kappa shape index (κ2) is 7.75. The smallest absolute Gasteiger partial charge is 0.189 e. The Morgan fingerprint density at radius 1 is 1.50 bits per heavy atom. The summed E-state index contributed by atoms with van der Waals surface area (Å²) in [5.41, 5.74) is 7.08. The van der Waals surface area contributed by atoms with Crippen molar-refractivity contribution in [2.24, 2.45) is 10.7 Å². The van der Waals surface area contributed by atoms with Gasteiger partial charge < -0.3 is 20.5 Å². The van der Waals surface area contributed by atoms with Crippen LogP contribution in [-0.2, 0) is 4.74 Å². The summed E-state index contributed by atoms with van der Waals surface area (Å²) in [6.45, 7) is 4.85. The average Bonchev–Trinajstić information content (AvgIpc) is 2.47. The van der Waals surface area contributed by atoms with Gasteiger partial charge in [-0.1, -0.05) is 18.2 Å². The van der Waals surface area contributed by atoms with E-state index in [1.807, 2.05) is 25.1 Å². The number of fused-ring (bicyclic) bond motifs is 1. The third-order valence-electron chi connectivity index (χ3n) is 3.21. The van der Waals surface area contributed by atoms with E-state index in [2.05, 4.69) is 16.4 Å². The number of rotatable bonds is 6. The van der Waals surface area contributed by atoms with Crippen LogP contribution in [0.25, 0.3) is 0 Å². The van der Waals surface area contributed by atoms with E-state index in [1.165, 1.54) is 0 Å². The van der Waals surface area contributed by atoms with E-state index in [1.54, 1.807) is 0 Å². The fourth-order valence-corrected chi connectivity index (χ4v) is 2.23. The SMILES string of the molecule is CCOCCCN=C(N)NC1CCOc2ccccc21. The van der Waals surface area contributed by atoms with Gasteiger partial charge in [-0.2, -0.15) is 0 Å². The summed E-state index contributed by atoms with van der Waals surface area (Å²) in [6, 6.07) is 8.22. The molecule has 0 spiro atoms. The maximum atomic E-state index is 5.93. The number of hydrogen-bond donors (Lipinski definition) is 2. The van der Waals surface area contributed by atoms with Crippen molar-refractivity contribution >= 4 is 5.96 Å². The van der Waals surface area contributed by atoms with Crippen LogP contribution in [0.4, 0.5) is 0 Å². The summed E-state index contributed by atoms with van der Waals surface area (Å²) in [4.78, 5) is 4.33. The Bertz CT molecular complexity index is 448. The molecule has 1 aromatic carbocycles. The van der Waals surface area contributed by atoms with E-state index in [0.29, 0.717) is 19.1 Å². The van der Waals surface area contributed by atoms with Gasteiger partial charge in [0.25, 0.3) is 0 Å². The molecular formula is C15H23N3O2. The largest absolute Gasteiger partial charge is 0.493 e. The van der Waals surface area contributed by atoms with E-state index < -0.39 is 0 Å². The fraction of sp³-hybridized carbons (Fsp3) is 0.533. The summed E-state index contributed by atoms with van der Waals surface area (Å²) in [6.07, 6.45) is 1.78. The molecule has 1 aliphatic heterocycles. The molecule has 1 heterocycles. The first-order chi connectivity index (χ1) is 9.81. The van der Waals surface area contributed by atoms with Crippen LogP contribution in [0.1, 0.15) is 31.4 Å². The molecule has 0 saturated carbocycles. The third kappa shape index (κ3) is 4.13. The topological polar surface area (TPSA) is 68.9 Å². The Balaban J connectivity index is 1.86. The third-order valence-corrected chi connectivity index (χ3v) is 3.21. The number of nitrogens with one attached hydrogen (secondary N) is 1. The van der Waals surface area contributed by atoms with Gasteiger partial charge in [0.2, 0.25) is 0 Å². The van der Waals surface area contributed by atoms with Crippen LogP contribution in [-0.4, -0.2) is 32.3 Å². The number of ether oxygens (including phenoxy) is 2. The Hall–Kier alpha value is -1.75. The number of hydrogen-bond acceptors (Lipinski definition) is 3. The fourth-order valence-electron chi connectivity index (χ4n) is 2.23. The highest BCUT2D eigenvalue weighted by atomic mass is 16.5. The van der Waals surface area contributed by atoms with Gasteiger partial charge in [-0.3, -0.25) is 4.99 Å². The van der Waals surface area contributed by atoms with Crippen molar-refractivity contribution in [3.63, 3.8) is 0 Å². The van der Waals surface area contributed by atoms with Gasteiger partial charge in [-0.25, -0.2) is 0 Å². The lowest BCUT2D eigenvalue weighted by atomic mass is 10.0. The predicted molar refractivity (Wildman–Crippen MR) is 80.0 cm³/mol. The number of guanidine groups is 1. The maximum Gasteiger partial charge on any atom is 0.189 e. The minimum atomic E-state index is 0.176. The standard InChI is InChI=1S/C15H23N3O2/c1-2-19-10-5-9-17-15(16)18-13-8-11-20-14-7-4-3-6-12(13)14/h3-4,6-7,13H,2,5,8-11H2,1H3,(H3,16,17,18). The van der Waals surface area contributed by atoms with Crippen molar-refractivity contribution < 1.29 is 9.47 Å². The molecule has 20 heavy (non-hydrogen) atoms. The maximum absolute atomic E-state index is 5.93. The number of nitrogens with zero attached hydrogens (tertiary/aromatic N) is 1. The number of nitrogens with two attached hydrogens (primary N) is 1. The first kappa shape index (κ1) is 14.7. The van der Waals surface area contributed by atoms with E-state index >= 15 is 0 Å². The molecule has 2 rings (SSSR count). The highest BCUT2D eigenvalue weighted by molar-refractivity contribution is 5.78. The minimum Gasteiger partial charge on any atom is -0.493 e. The highest BCUT2D eigenvalue weighted by Crippen LogP contribution is 2.31. The van der Waals surface area contributed by atoms with Gasteiger partial charge in [0.1, 0.15) is 5.75 Å². The number of benzene rings is 1. The van der Waals surface area contributed by atoms with E-state index in [9.17, 15) is 0 Å². The van der Waals surface area contributed by atoms with Crippen molar-refractivity contribution in [1.82, 2.24) is 5.32 Å². The second-order valence-electron chi connectivity index (χ2n) is 4.69. The lowest BCUT2D eigenvalue weighted by molar-refractivity contribution is 0.146. The van der Waals surface area contributed by atoms with Gasteiger partial charge in [-0.05, 0) is 19.4 Å². The molecule has 0 bridgehead atoms. The molecule has 1 unspecified atom stereocenters. The molecule has 0 amide bonds. The minimum absolute atomic E-state index is 0.176. The Kier molecular flexibility index (Phi) is 5.68. The highest BCUT2D eigenvalue weighted by Gasteiger charge is 2.20.